The first-order valence-electron chi connectivity index (χ1n) is 6.79. The summed E-state index contributed by atoms with van der Waals surface area (Å²) < 4.78 is 0.899. The van der Waals surface area contributed by atoms with Gasteiger partial charge in [-0.25, -0.2) is 0 Å². The summed E-state index contributed by atoms with van der Waals surface area (Å²) in [5, 5.41) is 9.60. The molecule has 1 rings (SSSR count). The van der Waals surface area contributed by atoms with Gasteiger partial charge in [-0.05, 0) is 47.0 Å². The van der Waals surface area contributed by atoms with Gasteiger partial charge in [-0.3, -0.25) is 4.79 Å². The van der Waals surface area contributed by atoms with Crippen LogP contribution in [0.5, 0.6) is 0 Å². The van der Waals surface area contributed by atoms with Crippen molar-refractivity contribution in [2.75, 3.05) is 32.1 Å². The zero-order chi connectivity index (χ0) is 15.3. The Morgan fingerprint density at radius 1 is 1.40 bits per heavy atom. The van der Waals surface area contributed by atoms with Gasteiger partial charge in [-0.15, -0.1) is 0 Å². The summed E-state index contributed by atoms with van der Waals surface area (Å²) in [5.41, 5.74) is 1.84. The minimum absolute atomic E-state index is 0.0740. The minimum atomic E-state index is -0.497. The smallest absolute Gasteiger partial charge is 0.241 e. The number of aliphatic hydroxyl groups excluding tert-OH is 1. The Morgan fingerprint density at radius 3 is 2.50 bits per heavy atom. The monoisotopic (exact) mass is 342 g/mol. The maximum Gasteiger partial charge on any atom is 0.241 e. The third kappa shape index (κ3) is 4.49. The first kappa shape index (κ1) is 17.0. The number of carbonyl (C=O) groups is 1. The van der Waals surface area contributed by atoms with Gasteiger partial charge in [0.05, 0.1) is 18.3 Å². The van der Waals surface area contributed by atoms with Crippen molar-refractivity contribution in [3.63, 3.8) is 0 Å². The van der Waals surface area contributed by atoms with Crippen LogP contribution < -0.4 is 4.90 Å². The number of rotatable bonds is 6. The second kappa shape index (κ2) is 7.64. The van der Waals surface area contributed by atoms with Crippen LogP contribution in [-0.4, -0.2) is 43.1 Å². The fraction of sp³-hybridized carbons (Fsp3) is 0.533. The highest BCUT2D eigenvalue weighted by molar-refractivity contribution is 9.10. The second-order valence-electron chi connectivity index (χ2n) is 5.10. The van der Waals surface area contributed by atoms with E-state index in [4.69, 9.17) is 0 Å². The van der Waals surface area contributed by atoms with Crippen molar-refractivity contribution in [1.82, 2.24) is 4.90 Å². The van der Waals surface area contributed by atoms with Crippen molar-refractivity contribution in [3.05, 3.63) is 28.2 Å². The maximum absolute atomic E-state index is 11.9. The Kier molecular flexibility index (Phi) is 6.49. The summed E-state index contributed by atoms with van der Waals surface area (Å²) in [6, 6.07) is 5.75. The molecule has 1 aromatic rings. The molecule has 1 N–H and O–H groups in total. The summed E-state index contributed by atoms with van der Waals surface area (Å²) >= 11 is 3.54. The van der Waals surface area contributed by atoms with Crippen LogP contribution in [0.2, 0.25) is 0 Å². The zero-order valence-corrected chi connectivity index (χ0v) is 14.1. The van der Waals surface area contributed by atoms with E-state index in [0.29, 0.717) is 6.54 Å². The number of hydrogen-bond donors (Lipinski definition) is 1. The Hall–Kier alpha value is -1.07. The highest BCUT2D eigenvalue weighted by atomic mass is 79.9. The molecule has 1 amide bonds. The highest BCUT2D eigenvalue weighted by Gasteiger charge is 2.15. The van der Waals surface area contributed by atoms with Crippen LogP contribution in [0.15, 0.2) is 22.7 Å². The van der Waals surface area contributed by atoms with E-state index in [1.54, 1.807) is 25.9 Å². The molecule has 0 spiro atoms. The van der Waals surface area contributed by atoms with Gasteiger partial charge in [-0.1, -0.05) is 13.0 Å². The van der Waals surface area contributed by atoms with Crippen LogP contribution >= 0.6 is 15.9 Å². The standard InChI is InChI=1S/C15H23BrN2O2/c1-5-8-18(10-15(20)17(3)4)14-7-6-12(11(2)19)9-13(14)16/h6-7,9,11,19H,5,8,10H2,1-4H3. The van der Waals surface area contributed by atoms with Gasteiger partial charge in [0.1, 0.15) is 0 Å². The molecule has 5 heteroatoms. The molecule has 0 radical (unpaired) electrons. The van der Waals surface area contributed by atoms with Crippen LogP contribution in [0.25, 0.3) is 0 Å². The lowest BCUT2D eigenvalue weighted by Crippen LogP contribution is -2.37. The lowest BCUT2D eigenvalue weighted by Gasteiger charge is -2.26. The van der Waals surface area contributed by atoms with Gasteiger partial charge in [0.15, 0.2) is 0 Å². The molecule has 20 heavy (non-hydrogen) atoms. The van der Waals surface area contributed by atoms with E-state index in [1.165, 1.54) is 0 Å². The van der Waals surface area contributed by atoms with E-state index in [-0.39, 0.29) is 5.91 Å². The van der Waals surface area contributed by atoms with E-state index in [2.05, 4.69) is 27.8 Å². The molecule has 112 valence electrons. The Labute approximate surface area is 129 Å². The van der Waals surface area contributed by atoms with Crippen molar-refractivity contribution in [3.8, 4) is 0 Å². The molecule has 0 heterocycles. The lowest BCUT2D eigenvalue weighted by atomic mass is 10.1. The molecule has 0 aliphatic rings. The fourth-order valence-corrected chi connectivity index (χ4v) is 2.55. The van der Waals surface area contributed by atoms with Crippen molar-refractivity contribution < 1.29 is 9.90 Å². The molecule has 0 fully saturated rings. The van der Waals surface area contributed by atoms with Crippen LogP contribution in [0.3, 0.4) is 0 Å². The minimum Gasteiger partial charge on any atom is -0.389 e. The number of anilines is 1. The summed E-state index contributed by atoms with van der Waals surface area (Å²) in [7, 11) is 3.52. The average molecular weight is 343 g/mol. The SMILES string of the molecule is CCCN(CC(=O)N(C)C)c1ccc(C(C)O)cc1Br. The Morgan fingerprint density at radius 2 is 2.05 bits per heavy atom. The second-order valence-corrected chi connectivity index (χ2v) is 5.95. The van der Waals surface area contributed by atoms with Gasteiger partial charge in [0, 0.05) is 25.1 Å². The number of benzene rings is 1. The van der Waals surface area contributed by atoms with E-state index in [1.807, 2.05) is 18.2 Å². The summed E-state index contributed by atoms with van der Waals surface area (Å²) in [6.45, 7) is 4.99. The quantitative estimate of drug-likeness (QED) is 0.864. The van der Waals surface area contributed by atoms with Crippen molar-refractivity contribution >= 4 is 27.5 Å². The number of likely N-dealkylation sites (N-methyl/N-ethyl adjacent to an activating group) is 1. The zero-order valence-electron chi connectivity index (χ0n) is 12.6. The normalized spacial score (nSPS) is 12.1. The molecule has 1 atom stereocenters. The topological polar surface area (TPSA) is 43.8 Å². The molecule has 1 aromatic carbocycles. The Bertz CT molecular complexity index is 461. The van der Waals surface area contributed by atoms with Crippen LogP contribution in [0, 0.1) is 0 Å². The third-order valence-electron chi connectivity index (χ3n) is 3.11. The van der Waals surface area contributed by atoms with Gasteiger partial charge in [0.25, 0.3) is 0 Å². The van der Waals surface area contributed by atoms with Crippen LogP contribution in [0.4, 0.5) is 5.69 Å². The first-order valence-corrected chi connectivity index (χ1v) is 7.58. The molecule has 1 unspecified atom stereocenters. The van der Waals surface area contributed by atoms with Crippen LogP contribution in [-0.2, 0) is 4.79 Å². The third-order valence-corrected chi connectivity index (χ3v) is 3.75. The Balaban J connectivity index is 2.99. The van der Waals surface area contributed by atoms with E-state index < -0.39 is 6.10 Å². The summed E-state index contributed by atoms with van der Waals surface area (Å²) in [6.07, 6.45) is 0.467. The first-order chi connectivity index (χ1) is 9.36. The summed E-state index contributed by atoms with van der Waals surface area (Å²) in [5.74, 6) is 0.0740. The van der Waals surface area contributed by atoms with E-state index in [0.717, 1.165) is 28.7 Å². The molecular weight excluding hydrogens is 320 g/mol. The number of carbonyl (C=O) groups excluding carboxylic acids is 1. The van der Waals surface area contributed by atoms with Crippen molar-refractivity contribution in [1.29, 1.82) is 0 Å². The fourth-order valence-electron chi connectivity index (χ4n) is 1.90. The van der Waals surface area contributed by atoms with E-state index >= 15 is 0 Å². The molecule has 4 nitrogen and oxygen atoms in total. The molecule has 0 aliphatic heterocycles. The average Bonchev–Trinajstić information content (AvgIpc) is 2.37. The van der Waals surface area contributed by atoms with Gasteiger partial charge >= 0.3 is 0 Å². The number of amides is 1. The molecule has 0 saturated carbocycles. The van der Waals surface area contributed by atoms with Crippen molar-refractivity contribution in [2.24, 2.45) is 0 Å². The van der Waals surface area contributed by atoms with Gasteiger partial charge in [-0.2, -0.15) is 0 Å². The number of aliphatic hydroxyl groups is 1. The highest BCUT2D eigenvalue weighted by Crippen LogP contribution is 2.29. The lowest BCUT2D eigenvalue weighted by molar-refractivity contribution is -0.127. The molecular formula is C15H23BrN2O2. The predicted octanol–water partition coefficient (Wildman–Crippen LogP) is 2.81. The van der Waals surface area contributed by atoms with Crippen molar-refractivity contribution in [2.45, 2.75) is 26.4 Å². The maximum atomic E-state index is 11.9. The largest absolute Gasteiger partial charge is 0.389 e. The number of halogens is 1. The molecule has 0 saturated heterocycles. The molecule has 0 aromatic heterocycles. The van der Waals surface area contributed by atoms with Gasteiger partial charge < -0.3 is 14.9 Å². The number of hydrogen-bond acceptors (Lipinski definition) is 3. The number of nitrogens with zero attached hydrogens (tertiary/aromatic N) is 2. The molecule has 0 bridgehead atoms. The summed E-state index contributed by atoms with van der Waals surface area (Å²) in [4.78, 5) is 15.6. The van der Waals surface area contributed by atoms with E-state index in [9.17, 15) is 9.90 Å². The molecule has 0 aliphatic carbocycles. The predicted molar refractivity (Wildman–Crippen MR) is 86.0 cm³/mol. The van der Waals surface area contributed by atoms with Gasteiger partial charge in [0.2, 0.25) is 5.91 Å². The van der Waals surface area contributed by atoms with Crippen LogP contribution in [0.1, 0.15) is 31.9 Å².